The summed E-state index contributed by atoms with van der Waals surface area (Å²) in [7, 11) is 0. The number of hydrogen-bond donors (Lipinski definition) is 1. The third-order valence-electron chi connectivity index (χ3n) is 2.80. The predicted octanol–water partition coefficient (Wildman–Crippen LogP) is 2.99. The molecule has 0 spiro atoms. The number of pyridine rings is 1. The molecule has 2 aromatic rings. The molecule has 1 aromatic heterocycles. The first-order valence-electron chi connectivity index (χ1n) is 6.04. The molecule has 0 saturated heterocycles. The standard InChI is InChI=1S/C15H18N2O/c1-11-3-4-14(12(2)16)15(9-11)18-10-13-5-7-17-8-6-13/h3-9,12H,10,16H2,1-2H3/t12-/m0/s1. The maximum atomic E-state index is 5.94. The van der Waals surface area contributed by atoms with Crippen LogP contribution in [0.15, 0.2) is 42.7 Å². The van der Waals surface area contributed by atoms with Crippen molar-refractivity contribution in [2.45, 2.75) is 26.5 Å². The van der Waals surface area contributed by atoms with Gasteiger partial charge in [0.25, 0.3) is 0 Å². The molecule has 3 heteroatoms. The fourth-order valence-electron chi connectivity index (χ4n) is 1.78. The quantitative estimate of drug-likeness (QED) is 0.896. The summed E-state index contributed by atoms with van der Waals surface area (Å²) in [5.41, 5.74) is 9.25. The average Bonchev–Trinajstić information content (AvgIpc) is 2.37. The van der Waals surface area contributed by atoms with Crippen molar-refractivity contribution in [1.29, 1.82) is 0 Å². The van der Waals surface area contributed by atoms with Crippen molar-refractivity contribution in [2.75, 3.05) is 0 Å². The first kappa shape index (κ1) is 12.6. The van der Waals surface area contributed by atoms with E-state index in [0.717, 1.165) is 16.9 Å². The van der Waals surface area contributed by atoms with Crippen LogP contribution in [0, 0.1) is 6.92 Å². The Labute approximate surface area is 108 Å². The molecule has 18 heavy (non-hydrogen) atoms. The van der Waals surface area contributed by atoms with Crippen LogP contribution < -0.4 is 10.5 Å². The lowest BCUT2D eigenvalue weighted by Crippen LogP contribution is -2.08. The van der Waals surface area contributed by atoms with E-state index in [4.69, 9.17) is 10.5 Å². The number of aromatic nitrogens is 1. The van der Waals surface area contributed by atoms with Crippen LogP contribution in [-0.2, 0) is 6.61 Å². The zero-order valence-electron chi connectivity index (χ0n) is 10.8. The highest BCUT2D eigenvalue weighted by Crippen LogP contribution is 2.25. The van der Waals surface area contributed by atoms with E-state index in [1.165, 1.54) is 5.56 Å². The number of rotatable bonds is 4. The highest BCUT2D eigenvalue weighted by Gasteiger charge is 2.08. The maximum Gasteiger partial charge on any atom is 0.124 e. The summed E-state index contributed by atoms with van der Waals surface area (Å²) in [6.07, 6.45) is 3.53. The molecule has 0 aliphatic heterocycles. The van der Waals surface area contributed by atoms with Crippen LogP contribution in [0.2, 0.25) is 0 Å². The van der Waals surface area contributed by atoms with Gasteiger partial charge >= 0.3 is 0 Å². The summed E-state index contributed by atoms with van der Waals surface area (Å²) in [6, 6.07) is 9.97. The number of aryl methyl sites for hydroxylation is 1. The van der Waals surface area contributed by atoms with Gasteiger partial charge in [0.1, 0.15) is 12.4 Å². The van der Waals surface area contributed by atoms with Crippen molar-refractivity contribution in [3.63, 3.8) is 0 Å². The fourth-order valence-corrected chi connectivity index (χ4v) is 1.78. The summed E-state index contributed by atoms with van der Waals surface area (Å²) in [5.74, 6) is 0.863. The van der Waals surface area contributed by atoms with Crippen LogP contribution in [0.4, 0.5) is 0 Å². The molecule has 0 radical (unpaired) electrons. The Balaban J connectivity index is 2.15. The van der Waals surface area contributed by atoms with Gasteiger partial charge in [-0.05, 0) is 43.2 Å². The van der Waals surface area contributed by atoms with E-state index in [0.29, 0.717) is 6.61 Å². The van der Waals surface area contributed by atoms with Crippen LogP contribution >= 0.6 is 0 Å². The minimum absolute atomic E-state index is 0.0296. The second-order valence-corrected chi connectivity index (χ2v) is 4.47. The summed E-state index contributed by atoms with van der Waals surface area (Å²) in [5, 5.41) is 0. The Morgan fingerprint density at radius 1 is 1.22 bits per heavy atom. The van der Waals surface area contributed by atoms with E-state index in [2.05, 4.69) is 11.1 Å². The first-order valence-corrected chi connectivity index (χ1v) is 6.04. The number of ether oxygens (including phenoxy) is 1. The van der Waals surface area contributed by atoms with Gasteiger partial charge in [-0.25, -0.2) is 0 Å². The largest absolute Gasteiger partial charge is 0.489 e. The predicted molar refractivity (Wildman–Crippen MR) is 72.4 cm³/mol. The highest BCUT2D eigenvalue weighted by molar-refractivity contribution is 5.39. The van der Waals surface area contributed by atoms with Crippen LogP contribution in [-0.4, -0.2) is 4.98 Å². The van der Waals surface area contributed by atoms with Crippen LogP contribution in [0.1, 0.15) is 29.7 Å². The van der Waals surface area contributed by atoms with Gasteiger partial charge < -0.3 is 10.5 Å². The smallest absolute Gasteiger partial charge is 0.124 e. The van der Waals surface area contributed by atoms with Gasteiger partial charge in [0.2, 0.25) is 0 Å². The maximum absolute atomic E-state index is 5.94. The Bertz CT molecular complexity index is 509. The number of benzene rings is 1. The molecule has 0 aliphatic carbocycles. The van der Waals surface area contributed by atoms with Crippen molar-refractivity contribution in [3.05, 3.63) is 59.4 Å². The highest BCUT2D eigenvalue weighted by atomic mass is 16.5. The molecule has 0 bridgehead atoms. The number of hydrogen-bond acceptors (Lipinski definition) is 3. The van der Waals surface area contributed by atoms with E-state index in [1.54, 1.807) is 12.4 Å². The molecular weight excluding hydrogens is 224 g/mol. The Kier molecular flexibility index (Phi) is 3.95. The molecule has 0 aliphatic rings. The molecule has 0 unspecified atom stereocenters. The second kappa shape index (κ2) is 5.65. The zero-order chi connectivity index (χ0) is 13.0. The van der Waals surface area contributed by atoms with Crippen molar-refractivity contribution < 1.29 is 4.74 Å². The van der Waals surface area contributed by atoms with Gasteiger partial charge in [-0.2, -0.15) is 0 Å². The molecule has 0 amide bonds. The van der Waals surface area contributed by atoms with Crippen molar-refractivity contribution in [2.24, 2.45) is 5.73 Å². The van der Waals surface area contributed by atoms with Crippen LogP contribution in [0.25, 0.3) is 0 Å². The van der Waals surface area contributed by atoms with Crippen molar-refractivity contribution in [3.8, 4) is 5.75 Å². The fraction of sp³-hybridized carbons (Fsp3) is 0.267. The van der Waals surface area contributed by atoms with Crippen molar-refractivity contribution >= 4 is 0 Å². The van der Waals surface area contributed by atoms with Gasteiger partial charge in [0, 0.05) is 24.0 Å². The molecule has 94 valence electrons. The average molecular weight is 242 g/mol. The molecule has 1 aromatic carbocycles. The van der Waals surface area contributed by atoms with Gasteiger partial charge in [-0.15, -0.1) is 0 Å². The lowest BCUT2D eigenvalue weighted by atomic mass is 10.1. The SMILES string of the molecule is Cc1ccc([C@H](C)N)c(OCc2ccncc2)c1. The van der Waals surface area contributed by atoms with E-state index >= 15 is 0 Å². The first-order chi connectivity index (χ1) is 8.66. The number of nitrogens with two attached hydrogens (primary N) is 1. The zero-order valence-corrected chi connectivity index (χ0v) is 10.8. The molecular formula is C15H18N2O. The minimum atomic E-state index is -0.0296. The minimum Gasteiger partial charge on any atom is -0.489 e. The summed E-state index contributed by atoms with van der Waals surface area (Å²) < 4.78 is 5.86. The van der Waals surface area contributed by atoms with Gasteiger partial charge in [0.05, 0.1) is 0 Å². The van der Waals surface area contributed by atoms with Gasteiger partial charge in [0.15, 0.2) is 0 Å². The third kappa shape index (κ3) is 3.08. The molecule has 1 atom stereocenters. The van der Waals surface area contributed by atoms with E-state index in [1.807, 2.05) is 38.1 Å². The molecule has 2 N–H and O–H groups in total. The van der Waals surface area contributed by atoms with Gasteiger partial charge in [-0.1, -0.05) is 12.1 Å². The van der Waals surface area contributed by atoms with Crippen LogP contribution in [0.5, 0.6) is 5.75 Å². The monoisotopic (exact) mass is 242 g/mol. The summed E-state index contributed by atoms with van der Waals surface area (Å²) in [4.78, 5) is 3.98. The Hall–Kier alpha value is -1.87. The molecule has 2 rings (SSSR count). The molecule has 1 heterocycles. The Morgan fingerprint density at radius 2 is 1.94 bits per heavy atom. The topological polar surface area (TPSA) is 48.1 Å². The van der Waals surface area contributed by atoms with E-state index in [-0.39, 0.29) is 6.04 Å². The number of nitrogens with zero attached hydrogens (tertiary/aromatic N) is 1. The second-order valence-electron chi connectivity index (χ2n) is 4.47. The normalized spacial score (nSPS) is 12.2. The molecule has 0 saturated carbocycles. The molecule has 0 fully saturated rings. The van der Waals surface area contributed by atoms with Crippen LogP contribution in [0.3, 0.4) is 0 Å². The van der Waals surface area contributed by atoms with E-state index in [9.17, 15) is 0 Å². The lowest BCUT2D eigenvalue weighted by molar-refractivity contribution is 0.301. The van der Waals surface area contributed by atoms with Crippen molar-refractivity contribution in [1.82, 2.24) is 4.98 Å². The summed E-state index contributed by atoms with van der Waals surface area (Å²) >= 11 is 0. The Morgan fingerprint density at radius 3 is 2.61 bits per heavy atom. The third-order valence-corrected chi connectivity index (χ3v) is 2.80. The van der Waals surface area contributed by atoms with E-state index < -0.39 is 0 Å². The summed E-state index contributed by atoms with van der Waals surface area (Å²) in [6.45, 7) is 4.54. The van der Waals surface area contributed by atoms with Gasteiger partial charge in [-0.3, -0.25) is 4.98 Å². The lowest BCUT2D eigenvalue weighted by Gasteiger charge is -2.14. The molecule has 3 nitrogen and oxygen atoms in total.